The lowest BCUT2D eigenvalue weighted by molar-refractivity contribution is -0.144. The lowest BCUT2D eigenvalue weighted by Crippen LogP contribution is -2.23. The second-order valence-corrected chi connectivity index (χ2v) is 6.69. The number of aliphatic hydroxyl groups is 1. The van der Waals surface area contributed by atoms with Crippen LogP contribution in [-0.2, 0) is 4.79 Å². The van der Waals surface area contributed by atoms with E-state index >= 15 is 0 Å². The zero-order valence-corrected chi connectivity index (χ0v) is 11.7. The molecular formula is C13H17ClO3S. The molecule has 100 valence electrons. The summed E-state index contributed by atoms with van der Waals surface area (Å²) in [7, 11) is 0. The van der Waals surface area contributed by atoms with E-state index in [1.807, 2.05) is 0 Å². The van der Waals surface area contributed by atoms with Crippen molar-refractivity contribution >= 4 is 28.9 Å². The smallest absolute Gasteiger partial charge is 0.306 e. The lowest BCUT2D eigenvalue weighted by Gasteiger charge is -2.21. The van der Waals surface area contributed by atoms with Crippen LogP contribution in [0.4, 0.5) is 0 Å². The third-order valence-corrected chi connectivity index (χ3v) is 5.20. The lowest BCUT2D eigenvalue weighted by atomic mass is 9.90. The van der Waals surface area contributed by atoms with Crippen molar-refractivity contribution in [2.45, 2.75) is 32.3 Å². The fraction of sp³-hybridized carbons (Fsp3) is 0.615. The van der Waals surface area contributed by atoms with Crippen LogP contribution < -0.4 is 0 Å². The summed E-state index contributed by atoms with van der Waals surface area (Å²) in [6, 6.07) is 3.53. The Kier molecular flexibility index (Phi) is 4.30. The van der Waals surface area contributed by atoms with Crippen LogP contribution in [0, 0.1) is 17.8 Å². The van der Waals surface area contributed by atoms with Gasteiger partial charge in [-0.25, -0.2) is 0 Å². The number of halogens is 1. The number of hydrogen-bond donors (Lipinski definition) is 2. The zero-order valence-electron chi connectivity index (χ0n) is 10.2. The SMILES string of the molecule is CCC1CC(C(=O)O)C(C(O)c2ccc(Cl)s2)C1. The molecule has 0 aromatic carbocycles. The molecule has 2 rings (SSSR count). The Balaban J connectivity index is 2.17. The molecule has 1 heterocycles. The van der Waals surface area contributed by atoms with E-state index < -0.39 is 18.0 Å². The molecule has 1 aromatic heterocycles. The number of carboxylic acids is 1. The summed E-state index contributed by atoms with van der Waals surface area (Å²) in [4.78, 5) is 12.1. The van der Waals surface area contributed by atoms with Gasteiger partial charge in [0.15, 0.2) is 0 Å². The average molecular weight is 289 g/mol. The standard InChI is InChI=1S/C13H17ClO3S/c1-2-7-5-8(9(6-7)13(16)17)12(15)10-3-4-11(14)18-10/h3-4,7-9,12,15H,2,5-6H2,1H3,(H,16,17). The second kappa shape index (κ2) is 5.59. The van der Waals surface area contributed by atoms with E-state index in [4.69, 9.17) is 11.6 Å². The monoisotopic (exact) mass is 288 g/mol. The zero-order chi connectivity index (χ0) is 13.3. The number of aliphatic carboxylic acids is 1. The minimum Gasteiger partial charge on any atom is -0.481 e. The number of carbonyl (C=O) groups is 1. The van der Waals surface area contributed by atoms with Crippen LogP contribution in [0.5, 0.6) is 0 Å². The maximum atomic E-state index is 11.3. The van der Waals surface area contributed by atoms with Gasteiger partial charge in [0.25, 0.3) is 0 Å². The Morgan fingerprint density at radius 2 is 2.28 bits per heavy atom. The third kappa shape index (κ3) is 2.71. The van der Waals surface area contributed by atoms with E-state index in [-0.39, 0.29) is 5.92 Å². The summed E-state index contributed by atoms with van der Waals surface area (Å²) < 4.78 is 0.626. The van der Waals surface area contributed by atoms with Crippen molar-refractivity contribution in [3.05, 3.63) is 21.3 Å². The molecular weight excluding hydrogens is 272 g/mol. The Labute approximate surface area is 115 Å². The van der Waals surface area contributed by atoms with E-state index in [0.29, 0.717) is 16.7 Å². The number of thiophene rings is 1. The Bertz CT molecular complexity index is 432. The quantitative estimate of drug-likeness (QED) is 0.890. The molecule has 0 saturated heterocycles. The highest BCUT2D eigenvalue weighted by Gasteiger charge is 2.42. The molecule has 0 radical (unpaired) electrons. The Morgan fingerprint density at radius 3 is 2.78 bits per heavy atom. The molecule has 1 aliphatic rings. The maximum Gasteiger partial charge on any atom is 0.306 e. The molecule has 1 fully saturated rings. The Morgan fingerprint density at radius 1 is 1.56 bits per heavy atom. The van der Waals surface area contributed by atoms with Crippen LogP contribution in [0.2, 0.25) is 4.34 Å². The van der Waals surface area contributed by atoms with Crippen molar-refractivity contribution in [2.24, 2.45) is 17.8 Å². The second-order valence-electron chi connectivity index (χ2n) is 4.94. The van der Waals surface area contributed by atoms with E-state index in [9.17, 15) is 15.0 Å². The van der Waals surface area contributed by atoms with Crippen molar-refractivity contribution in [2.75, 3.05) is 0 Å². The van der Waals surface area contributed by atoms with Crippen molar-refractivity contribution < 1.29 is 15.0 Å². The molecule has 0 bridgehead atoms. The van der Waals surface area contributed by atoms with Crippen molar-refractivity contribution in [3.63, 3.8) is 0 Å². The van der Waals surface area contributed by atoms with Crippen molar-refractivity contribution in [1.82, 2.24) is 0 Å². The summed E-state index contributed by atoms with van der Waals surface area (Å²) in [6.45, 7) is 2.07. The summed E-state index contributed by atoms with van der Waals surface area (Å²) in [5, 5.41) is 19.6. The van der Waals surface area contributed by atoms with E-state index in [1.54, 1.807) is 12.1 Å². The molecule has 0 amide bonds. The summed E-state index contributed by atoms with van der Waals surface area (Å²) in [5.41, 5.74) is 0. The predicted octanol–water partition coefficient (Wildman–Crippen LogP) is 3.57. The maximum absolute atomic E-state index is 11.3. The summed E-state index contributed by atoms with van der Waals surface area (Å²) >= 11 is 7.18. The first-order valence-electron chi connectivity index (χ1n) is 6.19. The molecule has 2 N–H and O–H groups in total. The van der Waals surface area contributed by atoms with Gasteiger partial charge in [0.05, 0.1) is 16.4 Å². The van der Waals surface area contributed by atoms with Gasteiger partial charge in [0.2, 0.25) is 0 Å². The number of aliphatic hydroxyl groups excluding tert-OH is 1. The number of hydrogen-bond acceptors (Lipinski definition) is 3. The van der Waals surface area contributed by atoms with Gasteiger partial charge in [-0.05, 0) is 30.9 Å². The number of carboxylic acid groups (broad SMARTS) is 1. The fourth-order valence-electron chi connectivity index (χ4n) is 2.84. The normalized spacial score (nSPS) is 29.4. The summed E-state index contributed by atoms with van der Waals surface area (Å²) in [6.07, 6.45) is 1.72. The van der Waals surface area contributed by atoms with Gasteiger partial charge < -0.3 is 10.2 Å². The molecule has 1 aliphatic carbocycles. The molecule has 1 saturated carbocycles. The molecule has 18 heavy (non-hydrogen) atoms. The molecule has 3 nitrogen and oxygen atoms in total. The van der Waals surface area contributed by atoms with E-state index in [0.717, 1.165) is 17.7 Å². The topological polar surface area (TPSA) is 57.5 Å². The van der Waals surface area contributed by atoms with Crippen LogP contribution in [0.25, 0.3) is 0 Å². The molecule has 1 aromatic rings. The molecule has 5 heteroatoms. The largest absolute Gasteiger partial charge is 0.481 e. The van der Waals surface area contributed by atoms with Crippen LogP contribution in [0.1, 0.15) is 37.2 Å². The van der Waals surface area contributed by atoms with E-state index in [1.165, 1.54) is 11.3 Å². The van der Waals surface area contributed by atoms with Gasteiger partial charge in [0, 0.05) is 10.8 Å². The fourth-order valence-corrected chi connectivity index (χ4v) is 3.97. The van der Waals surface area contributed by atoms with Gasteiger partial charge >= 0.3 is 5.97 Å². The molecule has 0 spiro atoms. The minimum absolute atomic E-state index is 0.192. The van der Waals surface area contributed by atoms with Crippen LogP contribution in [-0.4, -0.2) is 16.2 Å². The highest BCUT2D eigenvalue weighted by molar-refractivity contribution is 7.16. The van der Waals surface area contributed by atoms with Crippen molar-refractivity contribution in [3.8, 4) is 0 Å². The van der Waals surface area contributed by atoms with Gasteiger partial charge in [-0.1, -0.05) is 24.9 Å². The Hall–Kier alpha value is -0.580. The summed E-state index contributed by atoms with van der Waals surface area (Å²) in [5.74, 6) is -1.02. The van der Waals surface area contributed by atoms with E-state index in [2.05, 4.69) is 6.92 Å². The molecule has 4 unspecified atom stereocenters. The first-order valence-corrected chi connectivity index (χ1v) is 7.38. The van der Waals surface area contributed by atoms with Gasteiger partial charge in [-0.3, -0.25) is 4.79 Å². The molecule has 4 atom stereocenters. The minimum atomic E-state index is -0.794. The third-order valence-electron chi connectivity index (χ3n) is 3.90. The highest BCUT2D eigenvalue weighted by atomic mass is 35.5. The first kappa shape index (κ1) is 13.8. The average Bonchev–Trinajstić information content (AvgIpc) is 2.93. The van der Waals surface area contributed by atoms with Gasteiger partial charge in [-0.2, -0.15) is 0 Å². The molecule has 0 aliphatic heterocycles. The van der Waals surface area contributed by atoms with Gasteiger partial charge in [0.1, 0.15) is 0 Å². The predicted molar refractivity (Wildman–Crippen MR) is 71.9 cm³/mol. The van der Waals surface area contributed by atoms with Crippen LogP contribution in [0.3, 0.4) is 0 Å². The number of rotatable bonds is 4. The highest BCUT2D eigenvalue weighted by Crippen LogP contribution is 2.46. The van der Waals surface area contributed by atoms with Crippen LogP contribution in [0.15, 0.2) is 12.1 Å². The van der Waals surface area contributed by atoms with Gasteiger partial charge in [-0.15, -0.1) is 11.3 Å². The van der Waals surface area contributed by atoms with Crippen LogP contribution >= 0.6 is 22.9 Å². The first-order chi connectivity index (χ1) is 8.52. The van der Waals surface area contributed by atoms with Crippen molar-refractivity contribution in [1.29, 1.82) is 0 Å².